The summed E-state index contributed by atoms with van der Waals surface area (Å²) in [5, 5.41) is 0. The highest BCUT2D eigenvalue weighted by molar-refractivity contribution is 8.10. The van der Waals surface area contributed by atoms with Crippen molar-refractivity contribution < 1.29 is 0 Å². The predicted molar refractivity (Wildman–Crippen MR) is 63.3 cm³/mol. The molecule has 1 aliphatic carbocycles. The van der Waals surface area contributed by atoms with Gasteiger partial charge in [-0.1, -0.05) is 31.5 Å². The lowest BCUT2D eigenvalue weighted by molar-refractivity contribution is 0.166. The summed E-state index contributed by atoms with van der Waals surface area (Å²) in [4.78, 5) is 2.38. The normalized spacial score (nSPS) is 26.7. The molecule has 1 spiro atoms. The van der Waals surface area contributed by atoms with E-state index in [0.29, 0.717) is 5.54 Å². The van der Waals surface area contributed by atoms with Crippen molar-refractivity contribution >= 4 is 29.2 Å². The van der Waals surface area contributed by atoms with Gasteiger partial charge in [-0.25, -0.2) is 0 Å². The Balaban J connectivity index is 2.13. The Bertz CT molecular complexity index is 209. The van der Waals surface area contributed by atoms with Crippen LogP contribution in [0.5, 0.6) is 0 Å². The van der Waals surface area contributed by atoms with Crippen LogP contribution >= 0.6 is 24.8 Å². The summed E-state index contributed by atoms with van der Waals surface area (Å²) in [7, 11) is 0. The summed E-state index contributed by atoms with van der Waals surface area (Å²) in [6.07, 6.45) is 9.50. The first kappa shape index (κ1) is 9.78. The summed E-state index contributed by atoms with van der Waals surface area (Å²) in [5.74, 6) is 0. The Morgan fingerprint density at radius 3 is 2.31 bits per heavy atom. The maximum absolute atomic E-state index is 5.20. The summed E-state index contributed by atoms with van der Waals surface area (Å²) < 4.78 is 0.819. The van der Waals surface area contributed by atoms with Crippen LogP contribution in [0.4, 0.5) is 0 Å². The summed E-state index contributed by atoms with van der Waals surface area (Å²) in [6.45, 7) is 1.14. The lowest BCUT2D eigenvalue weighted by Crippen LogP contribution is -2.46. The van der Waals surface area contributed by atoms with Crippen molar-refractivity contribution in [1.29, 1.82) is 0 Å². The number of rotatable bonds is 0. The molecule has 1 saturated carbocycles. The third kappa shape index (κ3) is 1.73. The van der Waals surface area contributed by atoms with Gasteiger partial charge in [0.2, 0.25) is 0 Å². The number of hydrogen-bond donors (Lipinski definition) is 1. The smallest absolute Gasteiger partial charge is 0.133 e. The van der Waals surface area contributed by atoms with Crippen LogP contribution in [0.2, 0.25) is 0 Å². The molecule has 1 aliphatic heterocycles. The minimum atomic E-state index is 0.428. The van der Waals surface area contributed by atoms with E-state index in [0.717, 1.165) is 10.9 Å². The van der Waals surface area contributed by atoms with E-state index in [1.54, 1.807) is 0 Å². The quantitative estimate of drug-likeness (QED) is 0.489. The van der Waals surface area contributed by atoms with Crippen molar-refractivity contribution in [3.8, 4) is 0 Å². The highest BCUT2D eigenvalue weighted by Crippen LogP contribution is 2.42. The molecule has 1 saturated heterocycles. The molecule has 2 fully saturated rings. The molecule has 0 aromatic carbocycles. The Kier molecular flexibility index (Phi) is 2.84. The van der Waals surface area contributed by atoms with E-state index in [9.17, 15) is 0 Å². The van der Waals surface area contributed by atoms with Gasteiger partial charge in [0.1, 0.15) is 4.32 Å². The van der Waals surface area contributed by atoms with E-state index in [4.69, 9.17) is 12.2 Å². The summed E-state index contributed by atoms with van der Waals surface area (Å²) in [6, 6.07) is 0. The molecule has 13 heavy (non-hydrogen) atoms. The number of nitrogens with zero attached hydrogens (tertiary/aromatic N) is 1. The number of thiol groups is 1. The van der Waals surface area contributed by atoms with Crippen LogP contribution < -0.4 is 0 Å². The fraction of sp³-hybridized carbons (Fsp3) is 0.900. The summed E-state index contributed by atoms with van der Waals surface area (Å²) >= 11 is 9.53. The predicted octanol–water partition coefficient (Wildman–Crippen LogP) is 3.00. The SMILES string of the molecule is S=C(S)N1CCCC12CCCCC2. The van der Waals surface area contributed by atoms with Gasteiger partial charge in [0, 0.05) is 12.1 Å². The minimum absolute atomic E-state index is 0.428. The molecular formula is C10H17NS2. The average molecular weight is 215 g/mol. The molecule has 74 valence electrons. The molecule has 2 rings (SSSR count). The van der Waals surface area contributed by atoms with Crippen LogP contribution in [0.15, 0.2) is 0 Å². The zero-order valence-electron chi connectivity index (χ0n) is 7.96. The second-order valence-corrected chi connectivity index (χ2v) is 5.44. The van der Waals surface area contributed by atoms with Crippen LogP contribution in [0.1, 0.15) is 44.9 Å². The first-order valence-electron chi connectivity index (χ1n) is 5.25. The van der Waals surface area contributed by atoms with Crippen LogP contribution in [-0.4, -0.2) is 21.3 Å². The monoisotopic (exact) mass is 215 g/mol. The Labute approximate surface area is 91.3 Å². The van der Waals surface area contributed by atoms with Crippen molar-refractivity contribution in [3.05, 3.63) is 0 Å². The minimum Gasteiger partial charge on any atom is -0.352 e. The lowest BCUT2D eigenvalue weighted by atomic mass is 9.80. The zero-order valence-corrected chi connectivity index (χ0v) is 9.67. The lowest BCUT2D eigenvalue weighted by Gasteiger charge is -2.42. The van der Waals surface area contributed by atoms with Crippen LogP contribution in [0, 0.1) is 0 Å². The Morgan fingerprint density at radius 2 is 1.69 bits per heavy atom. The summed E-state index contributed by atoms with van der Waals surface area (Å²) in [5.41, 5.74) is 0.428. The molecule has 0 atom stereocenters. The van der Waals surface area contributed by atoms with Crippen LogP contribution in [0.3, 0.4) is 0 Å². The molecule has 1 nitrogen and oxygen atoms in total. The standard InChI is InChI=1S/C10H17NS2/c12-9(13)11-8-4-7-10(11)5-2-1-3-6-10/h1-8H2,(H,12,13). The van der Waals surface area contributed by atoms with Crippen molar-refractivity contribution in [1.82, 2.24) is 4.90 Å². The first-order valence-corrected chi connectivity index (χ1v) is 6.11. The maximum Gasteiger partial charge on any atom is 0.133 e. The fourth-order valence-electron chi connectivity index (χ4n) is 2.97. The molecule has 0 amide bonds. The van der Waals surface area contributed by atoms with Gasteiger partial charge in [-0.3, -0.25) is 0 Å². The van der Waals surface area contributed by atoms with E-state index >= 15 is 0 Å². The molecule has 0 N–H and O–H groups in total. The van der Waals surface area contributed by atoms with Gasteiger partial charge in [0.15, 0.2) is 0 Å². The molecular weight excluding hydrogens is 198 g/mol. The Hall–Kier alpha value is 0.240. The molecule has 2 aliphatic rings. The van der Waals surface area contributed by atoms with Gasteiger partial charge < -0.3 is 4.90 Å². The van der Waals surface area contributed by atoms with Gasteiger partial charge >= 0.3 is 0 Å². The Morgan fingerprint density at radius 1 is 1.08 bits per heavy atom. The second kappa shape index (κ2) is 3.77. The number of thiocarbonyl (C=S) groups is 1. The zero-order chi connectivity index (χ0) is 9.31. The van der Waals surface area contributed by atoms with Gasteiger partial charge in [0.05, 0.1) is 0 Å². The number of likely N-dealkylation sites (tertiary alicyclic amines) is 1. The van der Waals surface area contributed by atoms with E-state index < -0.39 is 0 Å². The average Bonchev–Trinajstić information content (AvgIpc) is 2.50. The molecule has 0 aromatic heterocycles. The van der Waals surface area contributed by atoms with Gasteiger partial charge in [0.25, 0.3) is 0 Å². The molecule has 0 aromatic rings. The van der Waals surface area contributed by atoms with Gasteiger partial charge in [-0.05, 0) is 25.7 Å². The van der Waals surface area contributed by atoms with E-state index in [-0.39, 0.29) is 0 Å². The third-order valence-electron chi connectivity index (χ3n) is 3.61. The number of hydrogen-bond acceptors (Lipinski definition) is 1. The topological polar surface area (TPSA) is 3.24 Å². The third-order valence-corrected chi connectivity index (χ3v) is 4.07. The van der Waals surface area contributed by atoms with E-state index in [1.807, 2.05) is 0 Å². The van der Waals surface area contributed by atoms with Gasteiger partial charge in [-0.15, -0.1) is 12.6 Å². The van der Waals surface area contributed by atoms with Crippen molar-refractivity contribution in [3.63, 3.8) is 0 Å². The highest BCUT2D eigenvalue weighted by atomic mass is 32.1. The molecule has 1 heterocycles. The van der Waals surface area contributed by atoms with E-state index in [2.05, 4.69) is 17.5 Å². The highest BCUT2D eigenvalue weighted by Gasteiger charge is 2.41. The van der Waals surface area contributed by atoms with Crippen LogP contribution in [-0.2, 0) is 0 Å². The van der Waals surface area contributed by atoms with Crippen LogP contribution in [0.25, 0.3) is 0 Å². The first-order chi connectivity index (χ1) is 6.25. The molecule has 3 heteroatoms. The van der Waals surface area contributed by atoms with Gasteiger partial charge in [-0.2, -0.15) is 0 Å². The molecule has 0 unspecified atom stereocenters. The van der Waals surface area contributed by atoms with Crippen molar-refractivity contribution in [2.75, 3.05) is 6.54 Å². The van der Waals surface area contributed by atoms with E-state index in [1.165, 1.54) is 44.9 Å². The van der Waals surface area contributed by atoms with Crippen molar-refractivity contribution in [2.24, 2.45) is 0 Å². The van der Waals surface area contributed by atoms with Crippen molar-refractivity contribution in [2.45, 2.75) is 50.5 Å². The fourth-order valence-corrected chi connectivity index (χ4v) is 3.56. The maximum atomic E-state index is 5.20. The molecule has 0 radical (unpaired) electrons. The second-order valence-electron chi connectivity index (χ2n) is 4.32. The largest absolute Gasteiger partial charge is 0.352 e. The molecule has 0 bridgehead atoms.